The van der Waals surface area contributed by atoms with Crippen molar-refractivity contribution in [2.75, 3.05) is 18.0 Å². The number of aliphatic hydroxyl groups excluding tert-OH is 1. The van der Waals surface area contributed by atoms with E-state index >= 15 is 0 Å². The van der Waals surface area contributed by atoms with Gasteiger partial charge >= 0.3 is 0 Å². The molecular formula is C10H14N2O2. The summed E-state index contributed by atoms with van der Waals surface area (Å²) < 4.78 is 5.18. The van der Waals surface area contributed by atoms with Crippen LogP contribution < -0.4 is 4.90 Å². The highest BCUT2D eigenvalue weighted by Crippen LogP contribution is 2.13. The third-order valence-corrected chi connectivity index (χ3v) is 1.75. The maximum Gasteiger partial charge on any atom is 0.298 e. The molecule has 4 nitrogen and oxygen atoms in total. The van der Waals surface area contributed by atoms with E-state index < -0.39 is 0 Å². The van der Waals surface area contributed by atoms with Crippen LogP contribution in [-0.4, -0.2) is 23.2 Å². The molecule has 0 unspecified atom stereocenters. The van der Waals surface area contributed by atoms with Gasteiger partial charge < -0.3 is 14.4 Å². The topological polar surface area (TPSA) is 49.5 Å². The Labute approximate surface area is 83.6 Å². The third-order valence-electron chi connectivity index (χ3n) is 1.75. The molecule has 76 valence electrons. The summed E-state index contributed by atoms with van der Waals surface area (Å²) in [7, 11) is 0. The number of terminal acetylenes is 1. The molecule has 0 aliphatic heterocycles. The lowest BCUT2D eigenvalue weighted by Gasteiger charge is -2.15. The molecule has 1 rings (SSSR count). The molecular weight excluding hydrogens is 180 g/mol. The number of anilines is 1. The highest BCUT2D eigenvalue weighted by atomic mass is 16.4. The van der Waals surface area contributed by atoms with E-state index in [1.165, 1.54) is 6.26 Å². The van der Waals surface area contributed by atoms with Gasteiger partial charge in [-0.15, -0.1) is 6.42 Å². The summed E-state index contributed by atoms with van der Waals surface area (Å²) in [4.78, 5) is 5.94. The Morgan fingerprint density at radius 2 is 2.50 bits per heavy atom. The minimum atomic E-state index is -0.112. The number of rotatable bonds is 5. The van der Waals surface area contributed by atoms with Crippen molar-refractivity contribution in [3.05, 3.63) is 12.0 Å². The van der Waals surface area contributed by atoms with Crippen LogP contribution in [0.2, 0.25) is 0 Å². The van der Waals surface area contributed by atoms with Crippen molar-refractivity contribution in [1.29, 1.82) is 0 Å². The first kappa shape index (κ1) is 10.6. The van der Waals surface area contributed by atoms with Crippen molar-refractivity contribution in [2.45, 2.75) is 20.0 Å². The third kappa shape index (κ3) is 2.51. The second kappa shape index (κ2) is 5.30. The number of nitrogens with zero attached hydrogens (tertiary/aromatic N) is 2. The standard InChI is InChI=1S/C10H14N2O2/c1-3-5-12(6-4-2)10-11-9(7-13)8-14-10/h1,8,13H,4-7H2,2H3. The molecule has 1 N–H and O–H groups in total. The van der Waals surface area contributed by atoms with E-state index in [-0.39, 0.29) is 6.61 Å². The molecule has 0 fully saturated rings. The fraction of sp³-hybridized carbons (Fsp3) is 0.500. The van der Waals surface area contributed by atoms with E-state index in [9.17, 15) is 0 Å². The summed E-state index contributed by atoms with van der Waals surface area (Å²) in [5, 5.41) is 8.81. The summed E-state index contributed by atoms with van der Waals surface area (Å²) in [6, 6.07) is 0.480. The fourth-order valence-electron chi connectivity index (χ4n) is 1.14. The zero-order chi connectivity index (χ0) is 10.4. The Bertz CT molecular complexity index is 314. The zero-order valence-corrected chi connectivity index (χ0v) is 8.23. The predicted octanol–water partition coefficient (Wildman–Crippen LogP) is 1.02. The van der Waals surface area contributed by atoms with Gasteiger partial charge in [-0.25, -0.2) is 0 Å². The van der Waals surface area contributed by atoms with Gasteiger partial charge in [0.2, 0.25) is 0 Å². The van der Waals surface area contributed by atoms with Gasteiger partial charge in [-0.1, -0.05) is 12.8 Å². The van der Waals surface area contributed by atoms with Crippen molar-refractivity contribution in [2.24, 2.45) is 0 Å². The average molecular weight is 194 g/mol. The van der Waals surface area contributed by atoms with Crippen molar-refractivity contribution >= 4 is 6.01 Å². The van der Waals surface area contributed by atoms with Gasteiger partial charge in [-0.05, 0) is 6.42 Å². The first-order chi connectivity index (χ1) is 6.81. The van der Waals surface area contributed by atoms with E-state index in [2.05, 4.69) is 17.8 Å². The first-order valence-electron chi connectivity index (χ1n) is 4.55. The largest absolute Gasteiger partial charge is 0.432 e. The van der Waals surface area contributed by atoms with Crippen molar-refractivity contribution < 1.29 is 9.52 Å². The summed E-state index contributed by atoms with van der Waals surface area (Å²) >= 11 is 0. The van der Waals surface area contributed by atoms with Crippen LogP contribution in [0.5, 0.6) is 0 Å². The first-order valence-corrected chi connectivity index (χ1v) is 4.55. The molecule has 0 saturated heterocycles. The van der Waals surface area contributed by atoms with Crippen molar-refractivity contribution in [3.63, 3.8) is 0 Å². The van der Waals surface area contributed by atoms with Crippen LogP contribution in [0.25, 0.3) is 0 Å². The molecule has 0 radical (unpaired) electrons. The van der Waals surface area contributed by atoms with Crippen LogP contribution in [0, 0.1) is 12.3 Å². The van der Waals surface area contributed by atoms with Crippen molar-refractivity contribution in [3.8, 4) is 12.3 Å². The molecule has 0 aromatic carbocycles. The lowest BCUT2D eigenvalue weighted by Crippen LogP contribution is -2.24. The minimum absolute atomic E-state index is 0.112. The smallest absolute Gasteiger partial charge is 0.298 e. The maximum atomic E-state index is 8.81. The lowest BCUT2D eigenvalue weighted by molar-refractivity contribution is 0.276. The SMILES string of the molecule is C#CCN(CCC)c1nc(CO)co1. The summed E-state index contributed by atoms with van der Waals surface area (Å²) in [5.41, 5.74) is 0.526. The quantitative estimate of drug-likeness (QED) is 0.711. The van der Waals surface area contributed by atoms with E-state index in [4.69, 9.17) is 15.9 Å². The van der Waals surface area contributed by atoms with Gasteiger partial charge in [0.1, 0.15) is 12.0 Å². The second-order valence-corrected chi connectivity index (χ2v) is 2.91. The van der Waals surface area contributed by atoms with E-state index in [1.54, 1.807) is 0 Å². The molecule has 1 heterocycles. The van der Waals surface area contributed by atoms with E-state index in [0.29, 0.717) is 18.3 Å². The van der Waals surface area contributed by atoms with Crippen LogP contribution in [0.4, 0.5) is 6.01 Å². The number of aromatic nitrogens is 1. The highest BCUT2D eigenvalue weighted by Gasteiger charge is 2.10. The van der Waals surface area contributed by atoms with Crippen LogP contribution in [0.15, 0.2) is 10.7 Å². The van der Waals surface area contributed by atoms with Crippen molar-refractivity contribution in [1.82, 2.24) is 4.98 Å². The normalized spacial score (nSPS) is 9.79. The molecule has 1 aromatic heterocycles. The van der Waals surface area contributed by atoms with Crippen LogP contribution in [0.3, 0.4) is 0 Å². The van der Waals surface area contributed by atoms with Gasteiger partial charge in [0, 0.05) is 6.54 Å². The Morgan fingerprint density at radius 3 is 3.00 bits per heavy atom. The molecule has 4 heteroatoms. The molecule has 1 aromatic rings. The summed E-state index contributed by atoms with van der Waals surface area (Å²) in [6.07, 6.45) is 7.64. The second-order valence-electron chi connectivity index (χ2n) is 2.91. The monoisotopic (exact) mass is 194 g/mol. The maximum absolute atomic E-state index is 8.81. The van der Waals surface area contributed by atoms with Gasteiger partial charge in [0.25, 0.3) is 6.01 Å². The Hall–Kier alpha value is -1.47. The molecule has 0 aliphatic rings. The number of oxazole rings is 1. The highest BCUT2D eigenvalue weighted by molar-refractivity contribution is 5.29. The van der Waals surface area contributed by atoms with Gasteiger partial charge in [0.15, 0.2) is 0 Å². The Balaban J connectivity index is 2.72. The molecule has 0 atom stereocenters. The Morgan fingerprint density at radius 1 is 1.71 bits per heavy atom. The Kier molecular flexibility index (Phi) is 4.02. The number of aliphatic hydroxyl groups is 1. The summed E-state index contributed by atoms with van der Waals surface area (Å²) in [6.45, 7) is 3.22. The molecule has 0 saturated carbocycles. The van der Waals surface area contributed by atoms with Gasteiger partial charge in [-0.2, -0.15) is 4.98 Å². The molecule has 14 heavy (non-hydrogen) atoms. The minimum Gasteiger partial charge on any atom is -0.432 e. The zero-order valence-electron chi connectivity index (χ0n) is 8.23. The lowest BCUT2D eigenvalue weighted by atomic mass is 10.4. The van der Waals surface area contributed by atoms with Gasteiger partial charge in [-0.3, -0.25) is 0 Å². The molecule has 0 amide bonds. The average Bonchev–Trinajstić information content (AvgIpc) is 2.65. The number of hydrogen-bond acceptors (Lipinski definition) is 4. The van der Waals surface area contributed by atoms with E-state index in [1.807, 2.05) is 4.90 Å². The fourth-order valence-corrected chi connectivity index (χ4v) is 1.14. The van der Waals surface area contributed by atoms with Gasteiger partial charge in [0.05, 0.1) is 13.2 Å². The molecule has 0 spiro atoms. The van der Waals surface area contributed by atoms with Crippen LogP contribution in [0.1, 0.15) is 19.0 Å². The molecule has 0 bridgehead atoms. The van der Waals surface area contributed by atoms with Crippen LogP contribution in [-0.2, 0) is 6.61 Å². The molecule has 0 aliphatic carbocycles. The van der Waals surface area contributed by atoms with Crippen LogP contribution >= 0.6 is 0 Å². The summed E-state index contributed by atoms with van der Waals surface area (Å²) in [5.74, 6) is 2.54. The number of hydrogen-bond donors (Lipinski definition) is 1. The predicted molar refractivity (Wildman–Crippen MR) is 53.8 cm³/mol. The van der Waals surface area contributed by atoms with E-state index in [0.717, 1.165) is 13.0 Å².